The number of nitrogens with zero attached hydrogens (tertiary/aromatic N) is 1. The van der Waals surface area contributed by atoms with Crippen LogP contribution in [0.3, 0.4) is 0 Å². The fourth-order valence-electron chi connectivity index (χ4n) is 2.89. The van der Waals surface area contributed by atoms with Gasteiger partial charge in [-0.3, -0.25) is 5.41 Å². The Bertz CT molecular complexity index is 495. The number of ether oxygens (including phenoxy) is 1. The number of hydrogen-bond acceptors (Lipinski definition) is 2. The molecule has 1 atom stereocenters. The third-order valence-corrected chi connectivity index (χ3v) is 3.99. The molecule has 96 valence electrons. The Kier molecular flexibility index (Phi) is 2.63. The highest BCUT2D eigenvalue weighted by molar-refractivity contribution is 6.00. The molecule has 3 nitrogen and oxygen atoms in total. The third-order valence-electron chi connectivity index (χ3n) is 3.99. The largest absolute Gasteiger partial charge is 0.379 e. The smallest absolute Gasteiger partial charge is 0.129 e. The minimum Gasteiger partial charge on any atom is -0.379 e. The van der Waals surface area contributed by atoms with Gasteiger partial charge in [-0.25, -0.2) is 4.39 Å². The SMILES string of the molecule is CC1(N2Cc3ccc(F)cc3C2=N)CCCOC1. The molecule has 0 spiro atoms. The summed E-state index contributed by atoms with van der Waals surface area (Å²) in [6.45, 7) is 4.27. The molecule has 1 saturated heterocycles. The van der Waals surface area contributed by atoms with E-state index in [0.717, 1.165) is 30.6 Å². The Morgan fingerprint density at radius 1 is 1.44 bits per heavy atom. The van der Waals surface area contributed by atoms with Crippen LogP contribution in [-0.4, -0.2) is 29.5 Å². The number of fused-ring (bicyclic) bond motifs is 1. The topological polar surface area (TPSA) is 36.3 Å². The minimum absolute atomic E-state index is 0.134. The predicted molar refractivity (Wildman–Crippen MR) is 67.2 cm³/mol. The van der Waals surface area contributed by atoms with Crippen LogP contribution in [0.1, 0.15) is 30.9 Å². The van der Waals surface area contributed by atoms with E-state index in [4.69, 9.17) is 10.1 Å². The zero-order chi connectivity index (χ0) is 12.8. The summed E-state index contributed by atoms with van der Waals surface area (Å²) in [5.41, 5.74) is 1.63. The molecule has 2 aliphatic rings. The summed E-state index contributed by atoms with van der Waals surface area (Å²) in [5.74, 6) is 0.155. The Balaban J connectivity index is 1.92. The van der Waals surface area contributed by atoms with E-state index in [1.807, 2.05) is 0 Å². The van der Waals surface area contributed by atoms with Crippen molar-refractivity contribution >= 4 is 5.84 Å². The fraction of sp³-hybridized carbons (Fsp3) is 0.500. The van der Waals surface area contributed by atoms with Crippen molar-refractivity contribution in [1.82, 2.24) is 4.90 Å². The maximum Gasteiger partial charge on any atom is 0.129 e. The van der Waals surface area contributed by atoms with Crippen LogP contribution < -0.4 is 0 Å². The van der Waals surface area contributed by atoms with E-state index in [0.29, 0.717) is 19.0 Å². The van der Waals surface area contributed by atoms with Crippen molar-refractivity contribution in [1.29, 1.82) is 5.41 Å². The van der Waals surface area contributed by atoms with Crippen LogP contribution in [0, 0.1) is 11.2 Å². The van der Waals surface area contributed by atoms with Crippen molar-refractivity contribution in [2.75, 3.05) is 13.2 Å². The molecule has 1 aromatic rings. The molecule has 2 heterocycles. The van der Waals surface area contributed by atoms with E-state index < -0.39 is 0 Å². The van der Waals surface area contributed by atoms with E-state index in [1.54, 1.807) is 6.07 Å². The van der Waals surface area contributed by atoms with Gasteiger partial charge >= 0.3 is 0 Å². The van der Waals surface area contributed by atoms with Crippen molar-refractivity contribution in [3.63, 3.8) is 0 Å². The first-order valence-corrected chi connectivity index (χ1v) is 6.33. The van der Waals surface area contributed by atoms with Gasteiger partial charge in [0.1, 0.15) is 11.7 Å². The molecule has 2 aliphatic heterocycles. The van der Waals surface area contributed by atoms with Gasteiger partial charge in [0.05, 0.1) is 12.1 Å². The highest BCUT2D eigenvalue weighted by Crippen LogP contribution is 2.34. The van der Waals surface area contributed by atoms with E-state index in [-0.39, 0.29) is 11.4 Å². The van der Waals surface area contributed by atoms with Gasteiger partial charge in [0.15, 0.2) is 0 Å². The molecular weight excluding hydrogens is 231 g/mol. The van der Waals surface area contributed by atoms with E-state index in [1.165, 1.54) is 12.1 Å². The molecule has 0 bridgehead atoms. The number of rotatable bonds is 1. The quantitative estimate of drug-likeness (QED) is 0.829. The summed E-state index contributed by atoms with van der Waals surface area (Å²) in [7, 11) is 0. The maximum absolute atomic E-state index is 13.3. The second-order valence-corrected chi connectivity index (χ2v) is 5.39. The third kappa shape index (κ3) is 1.72. The highest BCUT2D eigenvalue weighted by atomic mass is 19.1. The molecule has 0 aliphatic carbocycles. The highest BCUT2D eigenvalue weighted by Gasteiger charge is 2.39. The van der Waals surface area contributed by atoms with Gasteiger partial charge in [0.2, 0.25) is 0 Å². The zero-order valence-corrected chi connectivity index (χ0v) is 10.5. The van der Waals surface area contributed by atoms with Crippen LogP contribution in [0.5, 0.6) is 0 Å². The van der Waals surface area contributed by atoms with Gasteiger partial charge in [-0.15, -0.1) is 0 Å². The van der Waals surface area contributed by atoms with E-state index in [2.05, 4.69) is 11.8 Å². The van der Waals surface area contributed by atoms with Crippen LogP contribution >= 0.6 is 0 Å². The average molecular weight is 248 g/mol. The average Bonchev–Trinajstić information content (AvgIpc) is 2.68. The lowest BCUT2D eigenvalue weighted by atomic mass is 9.93. The van der Waals surface area contributed by atoms with Crippen molar-refractivity contribution < 1.29 is 9.13 Å². The fourth-order valence-corrected chi connectivity index (χ4v) is 2.89. The molecule has 4 heteroatoms. The molecule has 0 radical (unpaired) electrons. The van der Waals surface area contributed by atoms with Crippen molar-refractivity contribution in [2.45, 2.75) is 31.8 Å². The number of hydrogen-bond donors (Lipinski definition) is 1. The first kappa shape index (κ1) is 11.7. The van der Waals surface area contributed by atoms with Gasteiger partial charge in [-0.2, -0.15) is 0 Å². The molecule has 0 saturated carbocycles. The van der Waals surface area contributed by atoms with Crippen LogP contribution in [-0.2, 0) is 11.3 Å². The van der Waals surface area contributed by atoms with Gasteiger partial charge in [0.25, 0.3) is 0 Å². The second-order valence-electron chi connectivity index (χ2n) is 5.39. The van der Waals surface area contributed by atoms with Crippen LogP contribution in [0.4, 0.5) is 4.39 Å². The lowest BCUT2D eigenvalue weighted by molar-refractivity contribution is -0.0122. The summed E-state index contributed by atoms with van der Waals surface area (Å²) in [6, 6.07) is 4.71. The molecule has 18 heavy (non-hydrogen) atoms. The predicted octanol–water partition coefficient (Wildman–Crippen LogP) is 2.54. The Morgan fingerprint density at radius 2 is 2.28 bits per heavy atom. The lowest BCUT2D eigenvalue weighted by Gasteiger charge is -2.42. The normalized spacial score (nSPS) is 27.4. The van der Waals surface area contributed by atoms with Gasteiger partial charge in [-0.1, -0.05) is 6.07 Å². The number of halogens is 1. The van der Waals surface area contributed by atoms with Crippen molar-refractivity contribution in [3.8, 4) is 0 Å². The Hall–Kier alpha value is -1.42. The minimum atomic E-state index is -0.273. The molecule has 0 aromatic heterocycles. The van der Waals surface area contributed by atoms with Gasteiger partial charge < -0.3 is 9.64 Å². The van der Waals surface area contributed by atoms with Crippen LogP contribution in [0.2, 0.25) is 0 Å². The maximum atomic E-state index is 13.3. The Morgan fingerprint density at radius 3 is 3.00 bits per heavy atom. The summed E-state index contributed by atoms with van der Waals surface area (Å²) in [5, 5.41) is 8.25. The molecule has 1 unspecified atom stereocenters. The Labute approximate surface area is 106 Å². The van der Waals surface area contributed by atoms with E-state index in [9.17, 15) is 4.39 Å². The zero-order valence-electron chi connectivity index (χ0n) is 10.5. The molecule has 1 aromatic carbocycles. The van der Waals surface area contributed by atoms with Crippen molar-refractivity contribution in [2.24, 2.45) is 0 Å². The molecule has 1 N–H and O–H groups in total. The first-order chi connectivity index (χ1) is 8.60. The molecule has 3 rings (SSSR count). The van der Waals surface area contributed by atoms with Crippen molar-refractivity contribution in [3.05, 3.63) is 35.1 Å². The van der Waals surface area contributed by atoms with Crippen LogP contribution in [0.25, 0.3) is 0 Å². The summed E-state index contributed by atoms with van der Waals surface area (Å²) in [4.78, 5) is 2.05. The van der Waals surface area contributed by atoms with Gasteiger partial charge in [-0.05, 0) is 37.5 Å². The monoisotopic (exact) mass is 248 g/mol. The number of nitrogens with one attached hydrogen (secondary N) is 1. The molecule has 0 amide bonds. The van der Waals surface area contributed by atoms with Gasteiger partial charge in [0, 0.05) is 18.7 Å². The molecule has 1 fully saturated rings. The lowest BCUT2D eigenvalue weighted by Crippen LogP contribution is -2.51. The van der Waals surface area contributed by atoms with Crippen LogP contribution in [0.15, 0.2) is 18.2 Å². The first-order valence-electron chi connectivity index (χ1n) is 6.33. The summed E-state index contributed by atoms with van der Waals surface area (Å²) >= 11 is 0. The summed E-state index contributed by atoms with van der Waals surface area (Å²) < 4.78 is 18.8. The number of amidine groups is 1. The summed E-state index contributed by atoms with van der Waals surface area (Å²) in [6.07, 6.45) is 2.04. The second kappa shape index (κ2) is 4.05. The standard InChI is InChI=1S/C14H17FN2O/c1-14(5-2-6-18-9-14)17-8-10-3-4-11(15)7-12(10)13(17)16/h3-4,7,16H,2,5-6,8-9H2,1H3. The van der Waals surface area contributed by atoms with E-state index >= 15 is 0 Å². The number of benzene rings is 1. The molecular formula is C14H17FN2O.